The van der Waals surface area contributed by atoms with Crippen molar-refractivity contribution in [3.63, 3.8) is 0 Å². The van der Waals surface area contributed by atoms with Crippen LogP contribution in [-0.4, -0.2) is 12.9 Å². The second kappa shape index (κ2) is 3.25. The van der Waals surface area contributed by atoms with E-state index in [1.54, 1.807) is 6.08 Å². The lowest BCUT2D eigenvalue weighted by Crippen LogP contribution is -1.99. The van der Waals surface area contributed by atoms with E-state index in [0.717, 1.165) is 6.29 Å². The third kappa shape index (κ3) is 1.85. The van der Waals surface area contributed by atoms with Crippen LogP contribution in [0.25, 0.3) is 0 Å². The van der Waals surface area contributed by atoms with Crippen LogP contribution in [0, 0.1) is 5.92 Å². The van der Waals surface area contributed by atoms with Crippen LogP contribution >= 0.6 is 0 Å². The van der Waals surface area contributed by atoms with E-state index in [0.29, 0.717) is 13.0 Å². The average Bonchev–Trinajstić information content (AvgIpc) is 2.13. The van der Waals surface area contributed by atoms with Gasteiger partial charge in [-0.3, -0.25) is 0 Å². The lowest BCUT2D eigenvalue weighted by molar-refractivity contribution is -0.246. The molecule has 0 N–H and O–H groups in total. The molecule has 0 amide bonds. The number of allylic oxidation sites excluding steroid dienone is 1. The molecule has 1 heterocycles. The predicted molar refractivity (Wildman–Crippen MR) is 30.3 cm³/mol. The maximum absolute atomic E-state index is 10.2. The van der Waals surface area contributed by atoms with Crippen LogP contribution in [0.3, 0.4) is 0 Å². The number of carbonyl (C=O) groups excluding carboxylic acids is 1. The van der Waals surface area contributed by atoms with Gasteiger partial charge in [0.15, 0.2) is 0 Å². The number of hydrogen-bond donors (Lipinski definition) is 0. The number of hydrogen-bond acceptors (Lipinski definition) is 3. The van der Waals surface area contributed by atoms with Crippen LogP contribution < -0.4 is 0 Å². The molecule has 1 atom stereocenters. The van der Waals surface area contributed by atoms with Crippen LogP contribution in [-0.2, 0) is 14.6 Å². The SMILES string of the molecule is O=CC1C=COOCC1. The van der Waals surface area contributed by atoms with Crippen LogP contribution in [0.15, 0.2) is 12.3 Å². The van der Waals surface area contributed by atoms with Crippen LogP contribution in [0.4, 0.5) is 0 Å². The van der Waals surface area contributed by atoms with E-state index in [4.69, 9.17) is 0 Å². The molecule has 0 aromatic carbocycles. The van der Waals surface area contributed by atoms with Crippen molar-refractivity contribution in [2.24, 2.45) is 5.92 Å². The highest BCUT2D eigenvalue weighted by molar-refractivity contribution is 5.56. The summed E-state index contributed by atoms with van der Waals surface area (Å²) >= 11 is 0. The molecule has 0 aromatic heterocycles. The molecule has 1 rings (SSSR count). The van der Waals surface area contributed by atoms with Crippen molar-refractivity contribution in [1.82, 2.24) is 0 Å². The fourth-order valence-electron chi connectivity index (χ4n) is 0.614. The molecule has 0 bridgehead atoms. The Kier molecular flexibility index (Phi) is 2.27. The van der Waals surface area contributed by atoms with Crippen molar-refractivity contribution in [3.8, 4) is 0 Å². The summed E-state index contributed by atoms with van der Waals surface area (Å²) in [7, 11) is 0. The maximum atomic E-state index is 10.2. The molecule has 9 heavy (non-hydrogen) atoms. The summed E-state index contributed by atoms with van der Waals surface area (Å²) in [6.45, 7) is 0.483. The first-order valence-electron chi connectivity index (χ1n) is 2.83. The summed E-state index contributed by atoms with van der Waals surface area (Å²) in [5.74, 6) is -0.0347. The lowest BCUT2D eigenvalue weighted by atomic mass is 10.1. The highest BCUT2D eigenvalue weighted by Crippen LogP contribution is 2.05. The minimum absolute atomic E-state index is 0.0347. The minimum Gasteiger partial charge on any atom is -0.346 e. The van der Waals surface area contributed by atoms with Crippen molar-refractivity contribution in [3.05, 3.63) is 12.3 Å². The normalized spacial score (nSPS) is 26.4. The second-order valence-corrected chi connectivity index (χ2v) is 1.84. The van der Waals surface area contributed by atoms with E-state index in [2.05, 4.69) is 9.78 Å². The van der Waals surface area contributed by atoms with Crippen molar-refractivity contribution in [2.45, 2.75) is 6.42 Å². The molecule has 0 saturated heterocycles. The molecule has 3 nitrogen and oxygen atoms in total. The first kappa shape index (κ1) is 6.29. The van der Waals surface area contributed by atoms with Gasteiger partial charge in [-0.1, -0.05) is 0 Å². The topological polar surface area (TPSA) is 35.5 Å². The fourth-order valence-corrected chi connectivity index (χ4v) is 0.614. The van der Waals surface area contributed by atoms with Gasteiger partial charge in [0.2, 0.25) is 0 Å². The molecular formula is C6H8O3. The summed E-state index contributed by atoms with van der Waals surface area (Å²) in [5.41, 5.74) is 0. The first-order valence-corrected chi connectivity index (χ1v) is 2.83. The Morgan fingerprint density at radius 3 is 3.33 bits per heavy atom. The van der Waals surface area contributed by atoms with Crippen LogP contribution in [0.2, 0.25) is 0 Å². The summed E-state index contributed by atoms with van der Waals surface area (Å²) in [6.07, 6.45) is 4.67. The van der Waals surface area contributed by atoms with Gasteiger partial charge in [-0.2, -0.15) is 4.89 Å². The molecule has 1 aliphatic heterocycles. The molecule has 1 aliphatic rings. The highest BCUT2D eigenvalue weighted by atomic mass is 17.2. The van der Waals surface area contributed by atoms with E-state index >= 15 is 0 Å². The Hall–Kier alpha value is -0.830. The average molecular weight is 128 g/mol. The van der Waals surface area contributed by atoms with Crippen molar-refractivity contribution in [2.75, 3.05) is 6.61 Å². The van der Waals surface area contributed by atoms with Gasteiger partial charge in [-0.15, -0.1) is 0 Å². The lowest BCUT2D eigenvalue weighted by Gasteiger charge is -1.96. The predicted octanol–water partition coefficient (Wildman–Crippen LogP) is 0.667. The second-order valence-electron chi connectivity index (χ2n) is 1.84. The van der Waals surface area contributed by atoms with E-state index in [1.807, 2.05) is 0 Å². The number of rotatable bonds is 1. The van der Waals surface area contributed by atoms with E-state index < -0.39 is 0 Å². The van der Waals surface area contributed by atoms with Gasteiger partial charge in [0.1, 0.15) is 12.5 Å². The van der Waals surface area contributed by atoms with E-state index in [-0.39, 0.29) is 5.92 Å². The van der Waals surface area contributed by atoms with Gasteiger partial charge >= 0.3 is 0 Å². The summed E-state index contributed by atoms with van der Waals surface area (Å²) < 4.78 is 0. The Balaban J connectivity index is 2.41. The molecule has 50 valence electrons. The molecule has 0 aromatic rings. The molecule has 0 fully saturated rings. The van der Waals surface area contributed by atoms with Gasteiger partial charge in [0.25, 0.3) is 0 Å². The van der Waals surface area contributed by atoms with Gasteiger partial charge in [0.05, 0.1) is 6.61 Å². The van der Waals surface area contributed by atoms with Gasteiger partial charge in [-0.25, -0.2) is 0 Å². The van der Waals surface area contributed by atoms with E-state index in [9.17, 15) is 4.79 Å². The quantitative estimate of drug-likeness (QED) is 0.384. The maximum Gasteiger partial charge on any atom is 0.127 e. The van der Waals surface area contributed by atoms with Crippen LogP contribution in [0.1, 0.15) is 6.42 Å². The van der Waals surface area contributed by atoms with Gasteiger partial charge in [0, 0.05) is 5.92 Å². The van der Waals surface area contributed by atoms with Crippen LogP contribution in [0.5, 0.6) is 0 Å². The summed E-state index contributed by atoms with van der Waals surface area (Å²) in [5, 5.41) is 0. The molecule has 3 heteroatoms. The Morgan fingerprint density at radius 2 is 2.56 bits per heavy atom. The monoisotopic (exact) mass is 128 g/mol. The smallest absolute Gasteiger partial charge is 0.127 e. The third-order valence-corrected chi connectivity index (χ3v) is 1.16. The Labute approximate surface area is 53.2 Å². The fraction of sp³-hybridized carbons (Fsp3) is 0.500. The summed E-state index contributed by atoms with van der Waals surface area (Å²) in [6, 6.07) is 0. The Bertz CT molecular complexity index is 119. The third-order valence-electron chi connectivity index (χ3n) is 1.16. The van der Waals surface area contributed by atoms with Crippen molar-refractivity contribution >= 4 is 6.29 Å². The van der Waals surface area contributed by atoms with E-state index in [1.165, 1.54) is 6.26 Å². The molecule has 0 radical (unpaired) electrons. The standard InChI is InChI=1S/C6H8O3/c7-5-6-1-3-8-9-4-2-6/h1,3,5-6H,2,4H2. The minimum atomic E-state index is -0.0347. The van der Waals surface area contributed by atoms with Crippen molar-refractivity contribution in [1.29, 1.82) is 0 Å². The number of aldehydes is 1. The highest BCUT2D eigenvalue weighted by Gasteiger charge is 2.05. The summed E-state index contributed by atoms with van der Waals surface area (Å²) in [4.78, 5) is 19.2. The first-order chi connectivity index (χ1) is 4.43. The zero-order valence-corrected chi connectivity index (χ0v) is 4.95. The number of carbonyl (C=O) groups is 1. The molecule has 0 aliphatic carbocycles. The van der Waals surface area contributed by atoms with Gasteiger partial charge < -0.3 is 9.68 Å². The zero-order valence-electron chi connectivity index (χ0n) is 4.95. The molecule has 1 unspecified atom stereocenters. The zero-order chi connectivity index (χ0) is 6.53. The van der Waals surface area contributed by atoms with Gasteiger partial charge in [-0.05, 0) is 12.5 Å². The molecule has 0 spiro atoms. The molecular weight excluding hydrogens is 120 g/mol. The molecule has 0 saturated carbocycles. The largest absolute Gasteiger partial charge is 0.346 e. The van der Waals surface area contributed by atoms with Crippen molar-refractivity contribution < 1.29 is 14.6 Å². The Morgan fingerprint density at radius 1 is 1.67 bits per heavy atom.